The first-order valence-corrected chi connectivity index (χ1v) is 8.54. The molecule has 128 valence electrons. The predicted molar refractivity (Wildman–Crippen MR) is 91.6 cm³/mol. The molecule has 2 aliphatic rings. The average Bonchev–Trinajstić information content (AvgIpc) is 2.80. The van der Waals surface area contributed by atoms with E-state index in [0.717, 1.165) is 19.3 Å². The van der Waals surface area contributed by atoms with Crippen molar-refractivity contribution in [1.82, 2.24) is 15.1 Å². The lowest BCUT2D eigenvalue weighted by molar-refractivity contribution is -0.136. The van der Waals surface area contributed by atoms with E-state index in [1.807, 2.05) is 9.80 Å². The third-order valence-corrected chi connectivity index (χ3v) is 4.96. The van der Waals surface area contributed by atoms with Gasteiger partial charge in [0.2, 0.25) is 11.8 Å². The highest BCUT2D eigenvalue weighted by atomic mass is 16.2. The first-order valence-electron chi connectivity index (χ1n) is 8.54. The highest BCUT2D eigenvalue weighted by Crippen LogP contribution is 2.34. The summed E-state index contributed by atoms with van der Waals surface area (Å²) in [5.74, 6) is 0.590. The van der Waals surface area contributed by atoms with Crippen LogP contribution >= 0.6 is 0 Å². The third kappa shape index (κ3) is 3.50. The van der Waals surface area contributed by atoms with Crippen LogP contribution < -0.4 is 5.32 Å². The smallest absolute Gasteiger partial charge is 0.241 e. The van der Waals surface area contributed by atoms with Crippen LogP contribution in [0.15, 0.2) is 25.3 Å². The molecule has 0 aliphatic carbocycles. The number of rotatable bonds is 6. The zero-order valence-electron chi connectivity index (χ0n) is 14.4. The minimum absolute atomic E-state index is 0.141. The predicted octanol–water partition coefficient (Wildman–Crippen LogP) is 1.91. The molecule has 0 aromatic heterocycles. The summed E-state index contributed by atoms with van der Waals surface area (Å²) in [7, 11) is 0. The van der Waals surface area contributed by atoms with Gasteiger partial charge in [-0.3, -0.25) is 14.9 Å². The van der Waals surface area contributed by atoms with E-state index in [1.165, 1.54) is 0 Å². The minimum Gasteiger partial charge on any atom is -0.342 e. The Morgan fingerprint density at radius 2 is 2.00 bits per heavy atom. The summed E-state index contributed by atoms with van der Waals surface area (Å²) in [6, 6.07) is -0.141. The van der Waals surface area contributed by atoms with Crippen molar-refractivity contribution in [2.45, 2.75) is 51.2 Å². The summed E-state index contributed by atoms with van der Waals surface area (Å²) in [5, 5.41) is 3.57. The molecule has 1 atom stereocenters. The third-order valence-electron chi connectivity index (χ3n) is 4.96. The number of allylic oxidation sites excluding steroid dienone is 1. The van der Waals surface area contributed by atoms with E-state index in [-0.39, 0.29) is 29.4 Å². The molecule has 2 aliphatic heterocycles. The van der Waals surface area contributed by atoms with Crippen molar-refractivity contribution in [3.63, 3.8) is 0 Å². The van der Waals surface area contributed by atoms with Crippen molar-refractivity contribution in [2.24, 2.45) is 5.92 Å². The fraction of sp³-hybridized carbons (Fsp3) is 0.667. The molecule has 2 saturated heterocycles. The van der Waals surface area contributed by atoms with Gasteiger partial charge in [0.05, 0.1) is 11.7 Å². The topological polar surface area (TPSA) is 52.7 Å². The lowest BCUT2D eigenvalue weighted by atomic mass is 9.95. The molecule has 2 amide bonds. The molecule has 1 spiro atoms. The lowest BCUT2D eigenvalue weighted by Gasteiger charge is -2.44. The number of nitrogens with zero attached hydrogens (tertiary/aromatic N) is 2. The maximum Gasteiger partial charge on any atom is 0.241 e. The second kappa shape index (κ2) is 7.30. The van der Waals surface area contributed by atoms with Crippen molar-refractivity contribution < 1.29 is 9.59 Å². The number of hydrogen-bond donors (Lipinski definition) is 1. The molecule has 5 nitrogen and oxygen atoms in total. The number of carbonyl (C=O) groups is 2. The second-order valence-electron chi connectivity index (χ2n) is 6.84. The Labute approximate surface area is 139 Å². The van der Waals surface area contributed by atoms with Crippen molar-refractivity contribution >= 4 is 11.8 Å². The van der Waals surface area contributed by atoms with E-state index >= 15 is 0 Å². The SMILES string of the molecule is C=CCCC(=O)N1CCC2(CC1)NC(C(C)C)C(=O)N2CC=C. The van der Waals surface area contributed by atoms with Crippen LogP contribution in [0.25, 0.3) is 0 Å². The molecule has 1 N–H and O–H groups in total. The van der Waals surface area contributed by atoms with Gasteiger partial charge in [-0.1, -0.05) is 26.0 Å². The molecule has 23 heavy (non-hydrogen) atoms. The molecule has 0 bridgehead atoms. The first-order chi connectivity index (χ1) is 10.9. The van der Waals surface area contributed by atoms with E-state index in [4.69, 9.17) is 0 Å². The summed E-state index contributed by atoms with van der Waals surface area (Å²) < 4.78 is 0. The Kier molecular flexibility index (Phi) is 5.63. The Morgan fingerprint density at radius 1 is 1.35 bits per heavy atom. The van der Waals surface area contributed by atoms with Gasteiger partial charge in [0.25, 0.3) is 0 Å². The number of amides is 2. The van der Waals surface area contributed by atoms with Crippen LogP contribution in [0.5, 0.6) is 0 Å². The van der Waals surface area contributed by atoms with E-state index < -0.39 is 0 Å². The number of hydrogen-bond acceptors (Lipinski definition) is 3. The van der Waals surface area contributed by atoms with Gasteiger partial charge >= 0.3 is 0 Å². The first kappa shape index (κ1) is 17.7. The van der Waals surface area contributed by atoms with E-state index in [0.29, 0.717) is 26.1 Å². The van der Waals surface area contributed by atoms with Crippen LogP contribution in [0.3, 0.4) is 0 Å². The fourth-order valence-electron chi connectivity index (χ4n) is 3.58. The zero-order valence-corrected chi connectivity index (χ0v) is 14.4. The van der Waals surface area contributed by atoms with Crippen LogP contribution in [0, 0.1) is 5.92 Å². The van der Waals surface area contributed by atoms with Gasteiger partial charge in [-0.25, -0.2) is 0 Å². The van der Waals surface area contributed by atoms with Gasteiger partial charge in [0.1, 0.15) is 0 Å². The summed E-state index contributed by atoms with van der Waals surface area (Å²) >= 11 is 0. The van der Waals surface area contributed by atoms with Crippen LogP contribution in [0.4, 0.5) is 0 Å². The molecule has 5 heteroatoms. The van der Waals surface area contributed by atoms with Gasteiger partial charge in [-0.05, 0) is 12.3 Å². The van der Waals surface area contributed by atoms with Crippen LogP contribution in [-0.4, -0.2) is 53.0 Å². The monoisotopic (exact) mass is 319 g/mol. The number of carbonyl (C=O) groups excluding carboxylic acids is 2. The van der Waals surface area contributed by atoms with Gasteiger partial charge in [-0.2, -0.15) is 0 Å². The van der Waals surface area contributed by atoms with Gasteiger partial charge < -0.3 is 9.80 Å². The van der Waals surface area contributed by atoms with Gasteiger partial charge in [-0.15, -0.1) is 13.2 Å². The molecule has 2 heterocycles. The van der Waals surface area contributed by atoms with Crippen LogP contribution in [0.2, 0.25) is 0 Å². The largest absolute Gasteiger partial charge is 0.342 e. The van der Waals surface area contributed by atoms with E-state index in [1.54, 1.807) is 12.2 Å². The van der Waals surface area contributed by atoms with Crippen molar-refractivity contribution in [2.75, 3.05) is 19.6 Å². The molecule has 0 aromatic carbocycles. The molecule has 2 fully saturated rings. The summed E-state index contributed by atoms with van der Waals surface area (Å²) in [4.78, 5) is 28.7. The Bertz CT molecular complexity index is 479. The van der Waals surface area contributed by atoms with Crippen LogP contribution in [-0.2, 0) is 9.59 Å². The second-order valence-corrected chi connectivity index (χ2v) is 6.84. The Morgan fingerprint density at radius 3 is 2.52 bits per heavy atom. The van der Waals surface area contributed by atoms with Crippen molar-refractivity contribution in [1.29, 1.82) is 0 Å². The lowest BCUT2D eigenvalue weighted by Crippen LogP contribution is -2.59. The standard InChI is InChI=1S/C18H29N3O2/c1-5-7-8-15(22)20-12-9-18(10-13-20)19-16(14(3)4)17(23)21(18)11-6-2/h5-6,14,16,19H,1-2,7-13H2,3-4H3. The summed E-state index contributed by atoms with van der Waals surface area (Å²) in [6.07, 6.45) is 6.35. The summed E-state index contributed by atoms with van der Waals surface area (Å²) in [5.41, 5.74) is -0.324. The van der Waals surface area contributed by atoms with Gasteiger partial charge in [0, 0.05) is 38.9 Å². The summed E-state index contributed by atoms with van der Waals surface area (Å²) in [6.45, 7) is 13.5. The zero-order chi connectivity index (χ0) is 17.0. The number of likely N-dealkylation sites (tertiary alicyclic amines) is 1. The molecule has 1 unspecified atom stereocenters. The molecule has 0 aromatic rings. The normalized spacial score (nSPS) is 23.6. The Balaban J connectivity index is 2.07. The highest BCUT2D eigenvalue weighted by Gasteiger charge is 2.51. The highest BCUT2D eigenvalue weighted by molar-refractivity contribution is 5.85. The van der Waals surface area contributed by atoms with Crippen LogP contribution in [0.1, 0.15) is 39.5 Å². The fourth-order valence-corrected chi connectivity index (χ4v) is 3.58. The van der Waals surface area contributed by atoms with Crippen molar-refractivity contribution in [3.8, 4) is 0 Å². The minimum atomic E-state index is -0.324. The molecular formula is C18H29N3O2. The van der Waals surface area contributed by atoms with Crippen molar-refractivity contribution in [3.05, 3.63) is 25.3 Å². The number of nitrogens with one attached hydrogen (secondary N) is 1. The molecule has 0 saturated carbocycles. The van der Waals surface area contributed by atoms with Gasteiger partial charge in [0.15, 0.2) is 0 Å². The molecule has 2 rings (SSSR count). The van der Waals surface area contributed by atoms with E-state index in [2.05, 4.69) is 32.3 Å². The quantitative estimate of drug-likeness (QED) is 0.761. The molecular weight excluding hydrogens is 290 g/mol. The van der Waals surface area contributed by atoms with E-state index in [9.17, 15) is 9.59 Å². The molecule has 0 radical (unpaired) electrons. The average molecular weight is 319 g/mol. The Hall–Kier alpha value is -1.62. The maximum absolute atomic E-state index is 12.7. The maximum atomic E-state index is 12.7. The number of piperidine rings is 1.